The number of fused-ring (bicyclic) bond motifs is 1. The minimum atomic E-state index is 0.767. The lowest BCUT2D eigenvalue weighted by Gasteiger charge is -2.38. The zero-order valence-electron chi connectivity index (χ0n) is 7.58. The van der Waals surface area contributed by atoms with Crippen LogP contribution >= 0.6 is 0 Å². The van der Waals surface area contributed by atoms with Crippen LogP contribution < -0.4 is 0 Å². The SMILES string of the molecule is CN1CCCC2CCN(C)C21. The molecule has 0 aliphatic carbocycles. The number of hydrogen-bond donors (Lipinski definition) is 0. The summed E-state index contributed by atoms with van der Waals surface area (Å²) in [4.78, 5) is 5.02. The van der Waals surface area contributed by atoms with E-state index >= 15 is 0 Å². The van der Waals surface area contributed by atoms with Crippen molar-refractivity contribution in [3.05, 3.63) is 0 Å². The zero-order chi connectivity index (χ0) is 7.84. The molecule has 64 valence electrons. The van der Waals surface area contributed by atoms with E-state index < -0.39 is 0 Å². The monoisotopic (exact) mass is 154 g/mol. The average molecular weight is 154 g/mol. The minimum Gasteiger partial charge on any atom is -0.291 e. The highest BCUT2D eigenvalue weighted by Gasteiger charge is 2.36. The van der Waals surface area contributed by atoms with Gasteiger partial charge in [-0.2, -0.15) is 0 Å². The fourth-order valence-corrected chi connectivity index (χ4v) is 2.74. The molecule has 0 saturated carbocycles. The van der Waals surface area contributed by atoms with Gasteiger partial charge in [-0.15, -0.1) is 0 Å². The van der Waals surface area contributed by atoms with Crippen molar-refractivity contribution in [2.75, 3.05) is 27.2 Å². The van der Waals surface area contributed by atoms with Crippen molar-refractivity contribution in [1.29, 1.82) is 0 Å². The maximum atomic E-state index is 2.52. The van der Waals surface area contributed by atoms with E-state index in [1.54, 1.807) is 0 Å². The van der Waals surface area contributed by atoms with Gasteiger partial charge >= 0.3 is 0 Å². The van der Waals surface area contributed by atoms with Crippen LogP contribution in [-0.4, -0.2) is 43.2 Å². The molecule has 0 amide bonds. The van der Waals surface area contributed by atoms with Crippen molar-refractivity contribution < 1.29 is 0 Å². The van der Waals surface area contributed by atoms with Gasteiger partial charge in [0, 0.05) is 0 Å². The summed E-state index contributed by atoms with van der Waals surface area (Å²) in [6, 6.07) is 0. The Balaban J connectivity index is 2.08. The molecule has 2 aliphatic rings. The molecule has 2 heteroatoms. The quantitative estimate of drug-likeness (QED) is 0.513. The van der Waals surface area contributed by atoms with Crippen molar-refractivity contribution in [3.8, 4) is 0 Å². The first kappa shape index (κ1) is 7.56. The Kier molecular flexibility index (Phi) is 1.90. The first-order chi connectivity index (χ1) is 5.29. The summed E-state index contributed by atoms with van der Waals surface area (Å²) in [6.07, 6.45) is 5.06. The molecule has 2 rings (SSSR count). The van der Waals surface area contributed by atoms with Crippen LogP contribution in [0.5, 0.6) is 0 Å². The normalized spacial score (nSPS) is 40.9. The summed E-state index contributed by atoms with van der Waals surface area (Å²) in [7, 11) is 4.52. The molecule has 2 fully saturated rings. The van der Waals surface area contributed by atoms with Gasteiger partial charge in [-0.1, -0.05) is 0 Å². The Hall–Kier alpha value is -0.0800. The van der Waals surface area contributed by atoms with Gasteiger partial charge < -0.3 is 0 Å². The van der Waals surface area contributed by atoms with Gasteiger partial charge in [-0.05, 0) is 52.4 Å². The van der Waals surface area contributed by atoms with Crippen molar-refractivity contribution in [2.45, 2.75) is 25.4 Å². The molecule has 0 aromatic carbocycles. The summed E-state index contributed by atoms with van der Waals surface area (Å²) in [5.41, 5.74) is 0. The van der Waals surface area contributed by atoms with Gasteiger partial charge in [0.25, 0.3) is 0 Å². The molecule has 11 heavy (non-hydrogen) atoms. The van der Waals surface area contributed by atoms with Crippen LogP contribution in [-0.2, 0) is 0 Å². The van der Waals surface area contributed by atoms with E-state index in [0.717, 1.165) is 12.1 Å². The van der Waals surface area contributed by atoms with E-state index in [4.69, 9.17) is 0 Å². The number of rotatable bonds is 0. The van der Waals surface area contributed by atoms with Crippen molar-refractivity contribution in [1.82, 2.24) is 9.80 Å². The van der Waals surface area contributed by atoms with E-state index in [1.165, 1.54) is 32.4 Å². The zero-order valence-corrected chi connectivity index (χ0v) is 7.58. The Labute approximate surface area is 69.2 Å². The molecule has 0 bridgehead atoms. The highest BCUT2D eigenvalue weighted by Crippen LogP contribution is 2.32. The molecular formula is C9H18N2. The predicted octanol–water partition coefficient (Wildman–Crippen LogP) is 0.990. The minimum absolute atomic E-state index is 0.767. The predicted molar refractivity (Wildman–Crippen MR) is 46.4 cm³/mol. The second kappa shape index (κ2) is 2.76. The van der Waals surface area contributed by atoms with E-state index in [-0.39, 0.29) is 0 Å². The van der Waals surface area contributed by atoms with Crippen molar-refractivity contribution in [3.63, 3.8) is 0 Å². The third kappa shape index (κ3) is 1.18. The van der Waals surface area contributed by atoms with Gasteiger partial charge in [0.15, 0.2) is 0 Å². The summed E-state index contributed by atoms with van der Waals surface area (Å²) < 4.78 is 0. The van der Waals surface area contributed by atoms with E-state index in [0.29, 0.717) is 0 Å². The average Bonchev–Trinajstić information content (AvgIpc) is 2.34. The van der Waals surface area contributed by atoms with Crippen LogP contribution in [0, 0.1) is 5.92 Å². The second-order valence-electron chi connectivity index (χ2n) is 4.07. The Morgan fingerprint density at radius 3 is 2.45 bits per heavy atom. The van der Waals surface area contributed by atoms with Crippen LogP contribution in [0.4, 0.5) is 0 Å². The lowest BCUT2D eigenvalue weighted by Crippen LogP contribution is -2.47. The number of hydrogen-bond acceptors (Lipinski definition) is 2. The van der Waals surface area contributed by atoms with E-state index in [2.05, 4.69) is 23.9 Å². The van der Waals surface area contributed by atoms with E-state index in [9.17, 15) is 0 Å². The molecule has 0 spiro atoms. The van der Waals surface area contributed by atoms with Gasteiger partial charge in [0.2, 0.25) is 0 Å². The molecule has 2 heterocycles. The number of piperidine rings is 1. The topological polar surface area (TPSA) is 6.48 Å². The van der Waals surface area contributed by atoms with E-state index in [1.807, 2.05) is 0 Å². The van der Waals surface area contributed by atoms with Crippen LogP contribution in [0.2, 0.25) is 0 Å². The first-order valence-corrected chi connectivity index (χ1v) is 4.69. The molecule has 0 radical (unpaired) electrons. The third-order valence-electron chi connectivity index (χ3n) is 3.26. The number of nitrogens with zero attached hydrogens (tertiary/aromatic N) is 2. The summed E-state index contributed by atoms with van der Waals surface area (Å²) in [6.45, 7) is 2.60. The second-order valence-corrected chi connectivity index (χ2v) is 4.07. The van der Waals surface area contributed by atoms with Gasteiger partial charge in [-0.25, -0.2) is 0 Å². The molecule has 0 aromatic heterocycles. The molecule has 2 nitrogen and oxygen atoms in total. The third-order valence-corrected chi connectivity index (χ3v) is 3.26. The summed E-state index contributed by atoms with van der Waals surface area (Å²) in [5.74, 6) is 0.971. The van der Waals surface area contributed by atoms with Crippen LogP contribution in [0.1, 0.15) is 19.3 Å². The van der Waals surface area contributed by atoms with Crippen LogP contribution in [0.25, 0.3) is 0 Å². The highest BCUT2D eigenvalue weighted by molar-refractivity contribution is 4.87. The summed E-state index contributed by atoms with van der Waals surface area (Å²) >= 11 is 0. The first-order valence-electron chi connectivity index (χ1n) is 4.69. The maximum Gasteiger partial charge on any atom is 0.0646 e. The Morgan fingerprint density at radius 2 is 1.73 bits per heavy atom. The van der Waals surface area contributed by atoms with Crippen LogP contribution in [0.15, 0.2) is 0 Å². The van der Waals surface area contributed by atoms with Gasteiger partial charge in [0.1, 0.15) is 0 Å². The van der Waals surface area contributed by atoms with Gasteiger partial charge in [0.05, 0.1) is 6.17 Å². The number of likely N-dealkylation sites (tertiary alicyclic amines) is 2. The fourth-order valence-electron chi connectivity index (χ4n) is 2.74. The summed E-state index contributed by atoms with van der Waals surface area (Å²) in [5, 5.41) is 0. The van der Waals surface area contributed by atoms with Crippen molar-refractivity contribution in [2.24, 2.45) is 5.92 Å². The lowest BCUT2D eigenvalue weighted by molar-refractivity contribution is 0.0548. The Bertz CT molecular complexity index is 144. The molecule has 0 aromatic rings. The molecule has 2 aliphatic heterocycles. The molecule has 0 N–H and O–H groups in total. The largest absolute Gasteiger partial charge is 0.291 e. The van der Waals surface area contributed by atoms with Crippen molar-refractivity contribution >= 4 is 0 Å². The standard InChI is InChI=1S/C9H18N2/c1-10-6-3-4-8-5-7-11(2)9(8)10/h8-9H,3-7H2,1-2H3. The molecule has 2 atom stereocenters. The molecular weight excluding hydrogens is 136 g/mol. The highest BCUT2D eigenvalue weighted by atomic mass is 15.4. The maximum absolute atomic E-state index is 2.52. The Morgan fingerprint density at radius 1 is 1.00 bits per heavy atom. The lowest BCUT2D eigenvalue weighted by atomic mass is 9.95. The van der Waals surface area contributed by atoms with Gasteiger partial charge in [-0.3, -0.25) is 9.80 Å². The molecule has 2 unspecified atom stereocenters. The van der Waals surface area contributed by atoms with Crippen LogP contribution in [0.3, 0.4) is 0 Å². The smallest absolute Gasteiger partial charge is 0.0646 e. The molecule has 2 saturated heterocycles. The fraction of sp³-hybridized carbons (Fsp3) is 1.00.